The molecule has 0 aliphatic carbocycles. The minimum Gasteiger partial charge on any atom is -0.771 e. The summed E-state index contributed by atoms with van der Waals surface area (Å²) in [5.74, 6) is -1.70. The van der Waals surface area contributed by atoms with Crippen LogP contribution < -0.4 is 10.4 Å². The molecule has 1 aromatic carbocycles. The van der Waals surface area contributed by atoms with Crippen molar-refractivity contribution in [1.29, 1.82) is 0 Å². The number of benzene rings is 1. The number of piperazine rings is 1. The lowest BCUT2D eigenvalue weighted by atomic mass is 9.94. The molecule has 9 nitrogen and oxygen atoms in total. The standard InChI is InChI=1S/C20H26FN5O4S/c1-13(2)17(18(27)24-28)19(31(29)30)25-7-9-26(10-8-25)20-22-11-15(12-23-20)14-3-5-16(21)6-4-14/h3-6,11-13,17,19,28H,7-10H2,1-2H3,(H,24,27)(H,29,30)/p-1. The minimum atomic E-state index is -2.53. The second kappa shape index (κ2) is 10.2. The number of rotatable bonds is 7. The molecule has 1 aliphatic heterocycles. The number of aromatic nitrogens is 2. The highest BCUT2D eigenvalue weighted by Gasteiger charge is 2.37. The summed E-state index contributed by atoms with van der Waals surface area (Å²) < 4.78 is 37.0. The van der Waals surface area contributed by atoms with E-state index in [9.17, 15) is 17.9 Å². The van der Waals surface area contributed by atoms with Gasteiger partial charge in [0.05, 0.1) is 11.3 Å². The number of carbonyl (C=O) groups is 1. The van der Waals surface area contributed by atoms with E-state index in [0.717, 1.165) is 11.1 Å². The summed E-state index contributed by atoms with van der Waals surface area (Å²) in [6, 6.07) is 6.06. The van der Waals surface area contributed by atoms with Crippen molar-refractivity contribution in [2.75, 3.05) is 31.1 Å². The van der Waals surface area contributed by atoms with Gasteiger partial charge in [0, 0.05) is 44.1 Å². The van der Waals surface area contributed by atoms with Gasteiger partial charge in [-0.3, -0.25) is 19.1 Å². The van der Waals surface area contributed by atoms with Crippen molar-refractivity contribution in [3.8, 4) is 11.1 Å². The normalized spacial score (nSPS) is 17.9. The Hall–Kier alpha value is -2.47. The zero-order valence-electron chi connectivity index (χ0n) is 17.3. The third-order valence-electron chi connectivity index (χ3n) is 5.41. The molecule has 0 saturated carbocycles. The predicted molar refractivity (Wildman–Crippen MR) is 112 cm³/mol. The summed E-state index contributed by atoms with van der Waals surface area (Å²) in [6.07, 6.45) is 3.33. The van der Waals surface area contributed by atoms with Gasteiger partial charge in [0.2, 0.25) is 11.9 Å². The van der Waals surface area contributed by atoms with Crippen LogP contribution in [-0.2, 0) is 15.9 Å². The van der Waals surface area contributed by atoms with Gasteiger partial charge in [-0.1, -0.05) is 26.0 Å². The van der Waals surface area contributed by atoms with Crippen molar-refractivity contribution in [3.05, 3.63) is 42.5 Å². The molecule has 1 amide bonds. The van der Waals surface area contributed by atoms with Gasteiger partial charge in [0.15, 0.2) is 0 Å². The van der Waals surface area contributed by atoms with Crippen LogP contribution in [0.25, 0.3) is 11.1 Å². The number of hydroxylamine groups is 1. The Balaban J connectivity index is 1.68. The molecule has 3 rings (SSSR count). The molecular weight excluding hydrogens is 425 g/mol. The first-order valence-electron chi connectivity index (χ1n) is 9.90. The number of carbonyl (C=O) groups excluding carboxylic acids is 1. The van der Waals surface area contributed by atoms with E-state index >= 15 is 0 Å². The molecule has 1 saturated heterocycles. The largest absolute Gasteiger partial charge is 0.771 e. The quantitative estimate of drug-likeness (QED) is 0.369. The molecule has 3 unspecified atom stereocenters. The molecule has 1 aliphatic rings. The number of hydrogen-bond acceptors (Lipinski definition) is 8. The smallest absolute Gasteiger partial charge is 0.249 e. The molecule has 168 valence electrons. The zero-order valence-corrected chi connectivity index (χ0v) is 18.1. The average molecular weight is 451 g/mol. The maximum absolute atomic E-state index is 13.1. The van der Waals surface area contributed by atoms with Crippen LogP contribution in [0.15, 0.2) is 36.7 Å². The lowest BCUT2D eigenvalue weighted by molar-refractivity contribution is -0.136. The summed E-state index contributed by atoms with van der Waals surface area (Å²) in [4.78, 5) is 24.5. The van der Waals surface area contributed by atoms with Crippen LogP contribution in [0.2, 0.25) is 0 Å². The van der Waals surface area contributed by atoms with E-state index in [2.05, 4.69) is 9.97 Å². The van der Waals surface area contributed by atoms with Crippen LogP contribution in [0.1, 0.15) is 13.8 Å². The maximum Gasteiger partial charge on any atom is 0.249 e. The van der Waals surface area contributed by atoms with Crippen LogP contribution in [-0.4, -0.2) is 66.3 Å². The van der Waals surface area contributed by atoms with Crippen molar-refractivity contribution in [3.63, 3.8) is 0 Å². The third kappa shape index (κ3) is 5.42. The second-order valence-electron chi connectivity index (χ2n) is 7.70. The van der Waals surface area contributed by atoms with Gasteiger partial charge >= 0.3 is 0 Å². The van der Waals surface area contributed by atoms with Gasteiger partial charge in [-0.25, -0.2) is 19.8 Å². The molecule has 2 N–H and O–H groups in total. The van der Waals surface area contributed by atoms with E-state index in [1.54, 1.807) is 48.8 Å². The Bertz CT molecular complexity index is 905. The van der Waals surface area contributed by atoms with Crippen molar-refractivity contribution >= 4 is 22.9 Å². The molecule has 0 spiro atoms. The summed E-state index contributed by atoms with van der Waals surface area (Å²) in [6.45, 7) is 5.23. The maximum atomic E-state index is 13.1. The van der Waals surface area contributed by atoms with Crippen LogP contribution in [0, 0.1) is 17.7 Å². The third-order valence-corrected chi connectivity index (χ3v) is 6.39. The summed E-state index contributed by atoms with van der Waals surface area (Å²) in [7, 11) is 0. The number of nitrogens with zero attached hydrogens (tertiary/aromatic N) is 4. The van der Waals surface area contributed by atoms with Gasteiger partial charge in [0.25, 0.3) is 0 Å². The molecule has 1 aromatic heterocycles. The fraction of sp³-hybridized carbons (Fsp3) is 0.450. The predicted octanol–water partition coefficient (Wildman–Crippen LogP) is 1.39. The SMILES string of the molecule is CC(C)C(C(=O)NO)C(N1CCN(c2ncc(-c3ccc(F)cc3)cn2)CC1)S(=O)[O-]. The molecule has 1 fully saturated rings. The Morgan fingerprint density at radius 3 is 2.19 bits per heavy atom. The van der Waals surface area contributed by atoms with E-state index in [4.69, 9.17) is 5.21 Å². The van der Waals surface area contributed by atoms with Crippen molar-refractivity contribution in [1.82, 2.24) is 20.3 Å². The monoisotopic (exact) mass is 450 g/mol. The number of hydrogen-bond donors (Lipinski definition) is 2. The van der Waals surface area contributed by atoms with E-state index in [1.165, 1.54) is 12.1 Å². The number of halogens is 1. The Morgan fingerprint density at radius 1 is 1.13 bits per heavy atom. The Morgan fingerprint density at radius 2 is 1.71 bits per heavy atom. The fourth-order valence-electron chi connectivity index (χ4n) is 3.76. The number of amides is 1. The van der Waals surface area contributed by atoms with Gasteiger partial charge < -0.3 is 9.45 Å². The molecule has 31 heavy (non-hydrogen) atoms. The second-order valence-corrected chi connectivity index (χ2v) is 8.70. The van der Waals surface area contributed by atoms with Crippen molar-refractivity contribution in [2.24, 2.45) is 11.8 Å². The van der Waals surface area contributed by atoms with Crippen LogP contribution in [0.5, 0.6) is 0 Å². The van der Waals surface area contributed by atoms with E-state index in [-0.39, 0.29) is 11.7 Å². The van der Waals surface area contributed by atoms with Gasteiger partial charge in [0.1, 0.15) is 5.82 Å². The molecule has 2 aromatic rings. The molecule has 3 atom stereocenters. The number of anilines is 1. The fourth-order valence-corrected chi connectivity index (χ4v) is 4.89. The van der Waals surface area contributed by atoms with Gasteiger partial charge in [-0.2, -0.15) is 0 Å². The molecular formula is C20H25FN5O4S-. The summed E-state index contributed by atoms with van der Waals surface area (Å²) in [5, 5.41) is 7.98. The lowest BCUT2D eigenvalue weighted by Crippen LogP contribution is -2.57. The summed E-state index contributed by atoms with van der Waals surface area (Å²) in [5.41, 5.74) is 3.16. The highest BCUT2D eigenvalue weighted by atomic mass is 32.2. The first-order chi connectivity index (χ1) is 14.8. The highest BCUT2D eigenvalue weighted by Crippen LogP contribution is 2.25. The van der Waals surface area contributed by atoms with Gasteiger partial charge in [-0.05, 0) is 34.7 Å². The first kappa shape index (κ1) is 23.2. The van der Waals surface area contributed by atoms with Crippen molar-refractivity contribution < 1.29 is 23.2 Å². The lowest BCUT2D eigenvalue weighted by Gasteiger charge is -2.43. The average Bonchev–Trinajstić information content (AvgIpc) is 2.77. The Labute approximate surface area is 182 Å². The van der Waals surface area contributed by atoms with E-state index < -0.39 is 28.3 Å². The van der Waals surface area contributed by atoms with Crippen molar-refractivity contribution in [2.45, 2.75) is 19.2 Å². The molecule has 0 radical (unpaired) electrons. The summed E-state index contributed by atoms with van der Waals surface area (Å²) >= 11 is -2.53. The molecule has 0 bridgehead atoms. The van der Waals surface area contributed by atoms with Crippen LogP contribution in [0.4, 0.5) is 10.3 Å². The molecule has 11 heteroatoms. The first-order valence-corrected chi connectivity index (χ1v) is 11.0. The number of nitrogens with one attached hydrogen (secondary N) is 1. The zero-order chi connectivity index (χ0) is 22.5. The minimum absolute atomic E-state index is 0.282. The topological polar surface area (TPSA) is 122 Å². The van der Waals surface area contributed by atoms with E-state index in [0.29, 0.717) is 32.1 Å². The van der Waals surface area contributed by atoms with Gasteiger partial charge in [-0.15, -0.1) is 0 Å². The Kier molecular flexibility index (Phi) is 7.65. The van der Waals surface area contributed by atoms with E-state index in [1.807, 2.05) is 4.90 Å². The highest BCUT2D eigenvalue weighted by molar-refractivity contribution is 7.79. The van der Waals surface area contributed by atoms with Crippen LogP contribution >= 0.6 is 0 Å². The van der Waals surface area contributed by atoms with Crippen LogP contribution in [0.3, 0.4) is 0 Å². The molecule has 2 heterocycles.